The summed E-state index contributed by atoms with van der Waals surface area (Å²) in [5.41, 5.74) is 0. The zero-order valence-corrected chi connectivity index (χ0v) is 27.4. The third kappa shape index (κ3) is 9.11. The van der Waals surface area contributed by atoms with Crippen LogP contribution in [0.15, 0.2) is 0 Å². The van der Waals surface area contributed by atoms with Crippen molar-refractivity contribution in [2.45, 2.75) is 137 Å². The molecule has 0 bridgehead atoms. The molecule has 23 nitrogen and oxygen atoms in total. The number of carbonyl (C=O) groups excluding carboxylic acids is 2. The standard InChI is InChI=1S/C28H48N2O21/c1-7(35)29-13-19(41)22(12(6-34)45-25(13)44)49-27-21(43)23(17(39)11(5-33)47-27)50-28-24(20(42)16(38)10(4-32)48-28)51-26-14(30-8(2)36)18(40)15(37)9(3-31)46-26/h9-28,31-34,37-44H,3-6H2,1-2H3,(H,29,35)(H,30,36)/t9-,10-,11-,12-,13-,14-,15-,16-,17-,18-,19-,20+,21+,22-,23+,24+,25-,26+,27+,28-/m1/s1. The van der Waals surface area contributed by atoms with Crippen molar-refractivity contribution >= 4 is 11.8 Å². The van der Waals surface area contributed by atoms with Gasteiger partial charge in [-0.2, -0.15) is 0 Å². The van der Waals surface area contributed by atoms with Gasteiger partial charge in [-0.1, -0.05) is 0 Å². The highest BCUT2D eigenvalue weighted by atomic mass is 16.8. The second-order valence-corrected chi connectivity index (χ2v) is 12.6. The molecular formula is C28H48N2O21. The lowest BCUT2D eigenvalue weighted by Gasteiger charge is -2.50. The number of hydrogen-bond acceptors (Lipinski definition) is 21. The minimum Gasteiger partial charge on any atom is -0.394 e. The van der Waals surface area contributed by atoms with Crippen LogP contribution < -0.4 is 10.6 Å². The van der Waals surface area contributed by atoms with Gasteiger partial charge in [0.25, 0.3) is 0 Å². The maximum absolute atomic E-state index is 11.9. The molecule has 4 aliphatic rings. The largest absolute Gasteiger partial charge is 0.394 e. The molecule has 2 amide bonds. The van der Waals surface area contributed by atoms with Crippen LogP contribution in [0.25, 0.3) is 0 Å². The van der Waals surface area contributed by atoms with E-state index in [-0.39, 0.29) is 0 Å². The number of nitrogens with one attached hydrogen (secondary N) is 2. The Morgan fingerprint density at radius 3 is 1.47 bits per heavy atom. The molecule has 4 aliphatic heterocycles. The Labute approximate surface area is 289 Å². The third-order valence-corrected chi connectivity index (χ3v) is 9.01. The smallest absolute Gasteiger partial charge is 0.217 e. The van der Waals surface area contributed by atoms with E-state index in [0.29, 0.717) is 0 Å². The summed E-state index contributed by atoms with van der Waals surface area (Å²) in [7, 11) is 0. The molecule has 0 aromatic carbocycles. The van der Waals surface area contributed by atoms with Crippen LogP contribution >= 0.6 is 0 Å². The molecule has 296 valence electrons. The predicted molar refractivity (Wildman–Crippen MR) is 157 cm³/mol. The molecule has 0 aliphatic carbocycles. The number of aliphatic hydroxyl groups is 12. The average Bonchev–Trinajstić information content (AvgIpc) is 3.09. The second-order valence-electron chi connectivity index (χ2n) is 12.6. The van der Waals surface area contributed by atoms with E-state index < -0.39 is 161 Å². The van der Waals surface area contributed by atoms with Gasteiger partial charge in [0.2, 0.25) is 11.8 Å². The van der Waals surface area contributed by atoms with Crippen LogP contribution in [-0.2, 0) is 42.7 Å². The zero-order valence-electron chi connectivity index (χ0n) is 27.4. The number of amides is 2. The van der Waals surface area contributed by atoms with Gasteiger partial charge < -0.3 is 105 Å². The van der Waals surface area contributed by atoms with Crippen LogP contribution in [0.1, 0.15) is 13.8 Å². The lowest BCUT2D eigenvalue weighted by Crippen LogP contribution is -2.69. The van der Waals surface area contributed by atoms with Gasteiger partial charge in [-0.25, -0.2) is 0 Å². The van der Waals surface area contributed by atoms with E-state index in [9.17, 15) is 70.9 Å². The Morgan fingerprint density at radius 2 is 0.922 bits per heavy atom. The first-order chi connectivity index (χ1) is 24.1. The molecule has 0 aromatic rings. The summed E-state index contributed by atoms with van der Waals surface area (Å²) in [6.07, 6.45) is -32.1. The maximum atomic E-state index is 11.9. The Bertz CT molecular complexity index is 1140. The lowest BCUT2D eigenvalue weighted by atomic mass is 9.94. The Morgan fingerprint density at radius 1 is 0.471 bits per heavy atom. The van der Waals surface area contributed by atoms with Crippen molar-refractivity contribution in [1.29, 1.82) is 0 Å². The van der Waals surface area contributed by atoms with Crippen molar-refractivity contribution in [3.8, 4) is 0 Å². The van der Waals surface area contributed by atoms with Crippen LogP contribution in [0.2, 0.25) is 0 Å². The molecule has 4 saturated heterocycles. The van der Waals surface area contributed by atoms with Crippen LogP contribution in [0.4, 0.5) is 0 Å². The van der Waals surface area contributed by atoms with Crippen LogP contribution in [0.5, 0.6) is 0 Å². The van der Waals surface area contributed by atoms with E-state index >= 15 is 0 Å². The van der Waals surface area contributed by atoms with Gasteiger partial charge in [0, 0.05) is 13.8 Å². The molecule has 0 unspecified atom stereocenters. The van der Waals surface area contributed by atoms with Gasteiger partial charge >= 0.3 is 0 Å². The number of aliphatic hydroxyl groups excluding tert-OH is 12. The Balaban J connectivity index is 1.62. The number of hydrogen-bond donors (Lipinski definition) is 14. The van der Waals surface area contributed by atoms with Gasteiger partial charge in [0.05, 0.1) is 26.4 Å². The fourth-order valence-corrected chi connectivity index (χ4v) is 6.33. The Kier molecular flexibility index (Phi) is 14.8. The van der Waals surface area contributed by atoms with Crippen molar-refractivity contribution in [2.24, 2.45) is 0 Å². The second kappa shape index (κ2) is 18.0. The zero-order chi connectivity index (χ0) is 37.9. The average molecular weight is 749 g/mol. The van der Waals surface area contributed by atoms with Crippen molar-refractivity contribution in [1.82, 2.24) is 10.6 Å². The fraction of sp³-hybridized carbons (Fsp3) is 0.929. The molecule has 0 saturated carbocycles. The van der Waals surface area contributed by atoms with Gasteiger partial charge in [0.1, 0.15) is 97.5 Å². The highest BCUT2D eigenvalue weighted by molar-refractivity contribution is 5.73. The van der Waals surface area contributed by atoms with Crippen molar-refractivity contribution in [3.63, 3.8) is 0 Å². The summed E-state index contributed by atoms with van der Waals surface area (Å²) in [5.74, 6) is -1.39. The molecule has 4 heterocycles. The lowest BCUT2D eigenvalue weighted by molar-refractivity contribution is -0.389. The number of ether oxygens (including phenoxy) is 7. The molecule has 20 atom stereocenters. The van der Waals surface area contributed by atoms with Gasteiger partial charge in [-0.05, 0) is 0 Å². The SMILES string of the molecule is CC(=O)N[C@@H]1[C@@H](O)[C@H](O[C@@H]2O[C@H](CO)[C@@H](O)[C@H](O[C@H]3O[C@H](CO)[C@@H](O)[C@H](O)[C@@H]3O[C@@H]3O[C@H](CO)[C@@H](O)[C@H](O)[C@H]3NC(C)=O)[C@@H]2O)[C@@H](CO)O[C@H]1O. The van der Waals surface area contributed by atoms with Crippen molar-refractivity contribution < 1.29 is 104 Å². The quantitative estimate of drug-likeness (QED) is 0.0881. The van der Waals surface area contributed by atoms with E-state index in [1.807, 2.05) is 0 Å². The molecule has 0 spiro atoms. The predicted octanol–water partition coefficient (Wildman–Crippen LogP) is -9.46. The molecule has 14 N–H and O–H groups in total. The first kappa shape index (κ1) is 41.9. The highest BCUT2D eigenvalue weighted by Crippen LogP contribution is 2.34. The fourth-order valence-electron chi connectivity index (χ4n) is 6.33. The first-order valence-electron chi connectivity index (χ1n) is 16.1. The van der Waals surface area contributed by atoms with Crippen molar-refractivity contribution in [2.75, 3.05) is 26.4 Å². The molecule has 23 heteroatoms. The van der Waals surface area contributed by atoms with Gasteiger partial charge in [-0.3, -0.25) is 9.59 Å². The molecular weight excluding hydrogens is 700 g/mol. The first-order valence-corrected chi connectivity index (χ1v) is 16.1. The summed E-state index contributed by atoms with van der Waals surface area (Å²) < 4.78 is 39.3. The van der Waals surface area contributed by atoms with Crippen LogP contribution in [0, 0.1) is 0 Å². The summed E-state index contributed by atoms with van der Waals surface area (Å²) in [6.45, 7) is -1.34. The molecule has 51 heavy (non-hydrogen) atoms. The van der Waals surface area contributed by atoms with Crippen LogP contribution in [-0.4, -0.2) is 222 Å². The highest BCUT2D eigenvalue weighted by Gasteiger charge is 2.56. The molecule has 0 aromatic heterocycles. The van der Waals surface area contributed by atoms with Gasteiger partial charge in [0.15, 0.2) is 25.2 Å². The van der Waals surface area contributed by atoms with Crippen molar-refractivity contribution in [3.05, 3.63) is 0 Å². The van der Waals surface area contributed by atoms with E-state index in [1.54, 1.807) is 0 Å². The number of rotatable bonds is 12. The van der Waals surface area contributed by atoms with E-state index in [0.717, 1.165) is 13.8 Å². The van der Waals surface area contributed by atoms with E-state index in [4.69, 9.17) is 33.2 Å². The summed E-state index contributed by atoms with van der Waals surface area (Å²) in [4.78, 5) is 23.6. The monoisotopic (exact) mass is 748 g/mol. The normalized spacial score (nSPS) is 47.8. The minimum absolute atomic E-state index is 0.675. The minimum atomic E-state index is -2.07. The molecule has 4 rings (SSSR count). The van der Waals surface area contributed by atoms with E-state index in [2.05, 4.69) is 10.6 Å². The Hall–Kier alpha value is -1.82. The summed E-state index contributed by atoms with van der Waals surface area (Å²) in [5, 5.41) is 130. The number of carbonyl (C=O) groups is 2. The molecule has 4 fully saturated rings. The topological polar surface area (TPSA) is 366 Å². The van der Waals surface area contributed by atoms with Crippen LogP contribution in [0.3, 0.4) is 0 Å². The summed E-state index contributed by atoms with van der Waals surface area (Å²) >= 11 is 0. The van der Waals surface area contributed by atoms with E-state index in [1.165, 1.54) is 0 Å². The maximum Gasteiger partial charge on any atom is 0.217 e. The summed E-state index contributed by atoms with van der Waals surface area (Å²) in [6, 6.07) is -3.02. The molecule has 0 radical (unpaired) electrons. The third-order valence-electron chi connectivity index (χ3n) is 9.01. The van der Waals surface area contributed by atoms with Gasteiger partial charge in [-0.15, -0.1) is 0 Å².